The first-order valence-corrected chi connectivity index (χ1v) is 11.0. The fourth-order valence-corrected chi connectivity index (χ4v) is 3.39. The molecule has 0 saturated carbocycles. The smallest absolute Gasteiger partial charge is 0.255 e. The number of carbonyl (C=O) groups excluding carboxylic acids is 1. The molecule has 0 radical (unpaired) electrons. The van der Waals surface area contributed by atoms with Gasteiger partial charge in [-0.1, -0.05) is 6.07 Å². The van der Waals surface area contributed by atoms with Gasteiger partial charge in [0.05, 0.1) is 0 Å². The van der Waals surface area contributed by atoms with Gasteiger partial charge >= 0.3 is 0 Å². The van der Waals surface area contributed by atoms with Crippen molar-refractivity contribution in [3.05, 3.63) is 115 Å². The minimum absolute atomic E-state index is 0.301. The summed E-state index contributed by atoms with van der Waals surface area (Å²) in [5.74, 6) is 2.62. The van der Waals surface area contributed by atoms with Gasteiger partial charge in [0, 0.05) is 29.7 Å². The number of imidazole rings is 1. The van der Waals surface area contributed by atoms with Crippen molar-refractivity contribution in [3.63, 3.8) is 0 Å². The fraction of sp³-hybridized carbons (Fsp3) is 0.0370. The maximum atomic E-state index is 13.1. The van der Waals surface area contributed by atoms with E-state index in [9.17, 15) is 9.18 Å². The van der Waals surface area contributed by atoms with Crippen LogP contribution in [0, 0.1) is 12.7 Å². The predicted molar refractivity (Wildman–Crippen MR) is 131 cm³/mol. The summed E-state index contributed by atoms with van der Waals surface area (Å²) in [6, 6.07) is 22.8. The number of hydrogen-bond acceptors (Lipinski definition) is 6. The number of hydrogen-bond donors (Lipinski definition) is 1. The monoisotopic (exact) mass is 481 g/mol. The molecular formula is C27H20FN5O3. The highest BCUT2D eigenvalue weighted by Crippen LogP contribution is 2.24. The molecule has 178 valence electrons. The maximum Gasteiger partial charge on any atom is 0.255 e. The average molecular weight is 481 g/mol. The number of ether oxygens (including phenoxy) is 2. The predicted octanol–water partition coefficient (Wildman–Crippen LogP) is 5.95. The van der Waals surface area contributed by atoms with Gasteiger partial charge in [-0.2, -0.15) is 0 Å². The second kappa shape index (κ2) is 10.1. The highest BCUT2D eigenvalue weighted by atomic mass is 19.1. The molecule has 0 aliphatic heterocycles. The molecule has 1 N–H and O–H groups in total. The van der Waals surface area contributed by atoms with E-state index in [1.54, 1.807) is 66.9 Å². The van der Waals surface area contributed by atoms with Gasteiger partial charge in [0.2, 0.25) is 5.88 Å². The lowest BCUT2D eigenvalue weighted by atomic mass is 10.2. The second-order valence-electron chi connectivity index (χ2n) is 7.74. The summed E-state index contributed by atoms with van der Waals surface area (Å²) in [6.45, 7) is 1.88. The maximum absolute atomic E-state index is 13.1. The third kappa shape index (κ3) is 5.36. The van der Waals surface area contributed by atoms with Gasteiger partial charge in [-0.05, 0) is 79.7 Å². The van der Waals surface area contributed by atoms with Crippen molar-refractivity contribution in [3.8, 4) is 28.9 Å². The van der Waals surface area contributed by atoms with Crippen LogP contribution in [-0.2, 0) is 0 Å². The van der Waals surface area contributed by atoms with Crippen LogP contribution in [0.15, 0.2) is 97.3 Å². The van der Waals surface area contributed by atoms with Gasteiger partial charge in [0.25, 0.3) is 5.91 Å². The highest BCUT2D eigenvalue weighted by Gasteiger charge is 2.09. The molecule has 0 atom stereocenters. The van der Waals surface area contributed by atoms with Crippen LogP contribution in [0.2, 0.25) is 0 Å². The summed E-state index contributed by atoms with van der Waals surface area (Å²) in [4.78, 5) is 16.9. The molecule has 0 aliphatic carbocycles. The molecule has 2 aromatic heterocycles. The Morgan fingerprint density at radius 2 is 1.61 bits per heavy atom. The third-order valence-corrected chi connectivity index (χ3v) is 5.18. The normalized spacial score (nSPS) is 10.6. The Kier molecular flexibility index (Phi) is 6.35. The Hall–Kier alpha value is -5.05. The summed E-state index contributed by atoms with van der Waals surface area (Å²) in [7, 11) is 0. The number of nitrogens with one attached hydrogen (secondary N) is 1. The van der Waals surface area contributed by atoms with E-state index < -0.39 is 0 Å². The molecule has 0 bridgehead atoms. The SMILES string of the molecule is Cc1nccn1-c1ccc(Oc2ccc(NC(=O)c3cccc(Oc4ccc(F)cc4)c3)cc2)nn1. The molecule has 0 spiro atoms. The summed E-state index contributed by atoms with van der Waals surface area (Å²) in [5.41, 5.74) is 1.01. The average Bonchev–Trinajstić information content (AvgIpc) is 3.33. The van der Waals surface area contributed by atoms with E-state index in [-0.39, 0.29) is 11.7 Å². The molecule has 9 heteroatoms. The Labute approximate surface area is 206 Å². The summed E-state index contributed by atoms with van der Waals surface area (Å²) in [6.07, 6.45) is 3.50. The molecule has 0 fully saturated rings. The first-order valence-electron chi connectivity index (χ1n) is 11.0. The molecule has 1 amide bonds. The van der Waals surface area contributed by atoms with Crippen LogP contribution in [0.3, 0.4) is 0 Å². The van der Waals surface area contributed by atoms with Crippen LogP contribution in [0.4, 0.5) is 10.1 Å². The zero-order valence-electron chi connectivity index (χ0n) is 19.1. The van der Waals surface area contributed by atoms with Crippen molar-refractivity contribution < 1.29 is 18.7 Å². The second-order valence-corrected chi connectivity index (χ2v) is 7.74. The van der Waals surface area contributed by atoms with Crippen LogP contribution in [0.25, 0.3) is 5.82 Å². The Morgan fingerprint density at radius 3 is 2.31 bits per heavy atom. The summed E-state index contributed by atoms with van der Waals surface area (Å²) in [5, 5.41) is 11.1. The molecule has 5 rings (SSSR count). The number of benzene rings is 3. The lowest BCUT2D eigenvalue weighted by molar-refractivity contribution is 0.102. The van der Waals surface area contributed by atoms with Crippen LogP contribution in [0.5, 0.6) is 23.1 Å². The number of anilines is 1. The lowest BCUT2D eigenvalue weighted by Crippen LogP contribution is -2.11. The summed E-state index contributed by atoms with van der Waals surface area (Å²) < 4.78 is 26.4. The number of halogens is 1. The van der Waals surface area contributed by atoms with Gasteiger partial charge in [-0.15, -0.1) is 10.2 Å². The van der Waals surface area contributed by atoms with Crippen molar-refractivity contribution in [2.24, 2.45) is 0 Å². The zero-order valence-corrected chi connectivity index (χ0v) is 19.1. The molecule has 2 heterocycles. The standard InChI is InChI=1S/C27H20FN5O3/c1-18-29-15-16-33(18)25-13-14-26(32-31-25)36-23-11-7-21(8-12-23)30-27(34)19-3-2-4-24(17-19)35-22-9-5-20(28)6-10-22/h2-17H,1H3,(H,30,34). The molecule has 0 unspecified atom stereocenters. The number of aryl methyl sites for hydroxylation is 1. The summed E-state index contributed by atoms with van der Waals surface area (Å²) >= 11 is 0. The van der Waals surface area contributed by atoms with E-state index in [1.807, 2.05) is 17.7 Å². The Morgan fingerprint density at radius 1 is 0.861 bits per heavy atom. The minimum Gasteiger partial charge on any atom is -0.457 e. The van der Waals surface area contributed by atoms with E-state index in [0.717, 1.165) is 5.82 Å². The number of carbonyl (C=O) groups is 1. The van der Waals surface area contributed by atoms with E-state index in [4.69, 9.17) is 9.47 Å². The van der Waals surface area contributed by atoms with Crippen LogP contribution in [0.1, 0.15) is 16.2 Å². The van der Waals surface area contributed by atoms with Gasteiger partial charge in [0.15, 0.2) is 5.82 Å². The van der Waals surface area contributed by atoms with E-state index in [2.05, 4.69) is 20.5 Å². The van der Waals surface area contributed by atoms with Crippen molar-refractivity contribution in [1.82, 2.24) is 19.7 Å². The van der Waals surface area contributed by atoms with Gasteiger partial charge in [-0.3, -0.25) is 9.36 Å². The van der Waals surface area contributed by atoms with Crippen molar-refractivity contribution in [2.45, 2.75) is 6.92 Å². The minimum atomic E-state index is -0.349. The van der Waals surface area contributed by atoms with E-state index >= 15 is 0 Å². The molecule has 3 aromatic carbocycles. The first-order chi connectivity index (χ1) is 17.5. The molecule has 36 heavy (non-hydrogen) atoms. The van der Waals surface area contributed by atoms with Gasteiger partial charge in [0.1, 0.15) is 28.9 Å². The third-order valence-electron chi connectivity index (χ3n) is 5.18. The van der Waals surface area contributed by atoms with Gasteiger partial charge in [-0.25, -0.2) is 9.37 Å². The molecule has 0 aliphatic rings. The largest absolute Gasteiger partial charge is 0.457 e. The Balaban J connectivity index is 1.20. The zero-order chi connectivity index (χ0) is 24.9. The molecule has 8 nitrogen and oxygen atoms in total. The number of amides is 1. The van der Waals surface area contributed by atoms with Crippen LogP contribution < -0.4 is 14.8 Å². The van der Waals surface area contributed by atoms with Gasteiger partial charge < -0.3 is 14.8 Å². The number of nitrogens with zero attached hydrogens (tertiary/aromatic N) is 4. The molecule has 0 saturated heterocycles. The van der Waals surface area contributed by atoms with E-state index in [1.165, 1.54) is 24.3 Å². The molecule has 5 aromatic rings. The van der Waals surface area contributed by atoms with Crippen LogP contribution in [-0.4, -0.2) is 25.7 Å². The van der Waals surface area contributed by atoms with Crippen LogP contribution >= 0.6 is 0 Å². The van der Waals surface area contributed by atoms with Crippen molar-refractivity contribution in [1.29, 1.82) is 0 Å². The van der Waals surface area contributed by atoms with Crippen molar-refractivity contribution in [2.75, 3.05) is 5.32 Å². The fourth-order valence-electron chi connectivity index (χ4n) is 3.39. The lowest BCUT2D eigenvalue weighted by Gasteiger charge is -2.10. The number of aromatic nitrogens is 4. The van der Waals surface area contributed by atoms with E-state index in [0.29, 0.717) is 40.2 Å². The topological polar surface area (TPSA) is 91.2 Å². The number of rotatable bonds is 7. The van der Waals surface area contributed by atoms with Crippen molar-refractivity contribution >= 4 is 11.6 Å². The molecular weight excluding hydrogens is 461 g/mol. The first kappa shape index (κ1) is 22.7. The Bertz CT molecular complexity index is 1480. The highest BCUT2D eigenvalue weighted by molar-refractivity contribution is 6.04. The quantitative estimate of drug-likeness (QED) is 0.309.